The molecule has 0 unspecified atom stereocenters. The first-order chi connectivity index (χ1) is 9.46. The first kappa shape index (κ1) is 18.4. The molecule has 0 bridgehead atoms. The van der Waals surface area contributed by atoms with Crippen molar-refractivity contribution in [3.05, 3.63) is 29.6 Å². The van der Waals surface area contributed by atoms with Gasteiger partial charge in [-0.3, -0.25) is 0 Å². The second kappa shape index (κ2) is 7.54. The summed E-state index contributed by atoms with van der Waals surface area (Å²) in [5.74, 6) is -0.140. The largest absolute Gasteiger partial charge is 0.319 e. The van der Waals surface area contributed by atoms with E-state index in [9.17, 15) is 12.8 Å². The summed E-state index contributed by atoms with van der Waals surface area (Å²) in [6.07, 6.45) is 1.63. The molecule has 1 aliphatic heterocycles. The third-order valence-electron chi connectivity index (χ3n) is 3.84. The van der Waals surface area contributed by atoms with Gasteiger partial charge in [-0.05, 0) is 50.9 Å². The van der Waals surface area contributed by atoms with E-state index < -0.39 is 15.8 Å². The molecule has 0 radical (unpaired) electrons. The SMILES string of the molecule is CNCC1CCN(S(=O)(=O)c2cccc(C)c2F)CC1.Cl. The third kappa shape index (κ3) is 3.94. The van der Waals surface area contributed by atoms with E-state index in [-0.39, 0.29) is 17.3 Å². The van der Waals surface area contributed by atoms with Crippen LogP contribution in [0.2, 0.25) is 0 Å². The zero-order valence-corrected chi connectivity index (χ0v) is 13.9. The van der Waals surface area contributed by atoms with Gasteiger partial charge in [0.05, 0.1) is 0 Å². The number of hydrogen-bond donors (Lipinski definition) is 1. The Bertz CT molecular complexity index is 572. The molecule has 0 aromatic heterocycles. The Labute approximate surface area is 132 Å². The second-order valence-corrected chi connectivity index (χ2v) is 7.20. The molecule has 1 heterocycles. The minimum atomic E-state index is -3.72. The minimum absolute atomic E-state index is 0. The number of benzene rings is 1. The summed E-state index contributed by atoms with van der Waals surface area (Å²) in [5, 5.41) is 3.11. The molecule has 0 amide bonds. The standard InChI is InChI=1S/C14H21FN2O2S.ClH/c1-11-4-3-5-13(14(11)15)20(18,19)17-8-6-12(7-9-17)10-16-2;/h3-5,12,16H,6-10H2,1-2H3;1H. The zero-order chi connectivity index (χ0) is 14.8. The second-order valence-electron chi connectivity index (χ2n) is 5.29. The highest BCUT2D eigenvalue weighted by atomic mass is 35.5. The lowest BCUT2D eigenvalue weighted by atomic mass is 9.98. The van der Waals surface area contributed by atoms with E-state index in [0.717, 1.165) is 19.4 Å². The predicted molar refractivity (Wildman–Crippen MR) is 83.8 cm³/mol. The number of nitrogens with zero attached hydrogens (tertiary/aromatic N) is 1. The van der Waals surface area contributed by atoms with Crippen LogP contribution in [0.25, 0.3) is 0 Å². The lowest BCUT2D eigenvalue weighted by Crippen LogP contribution is -2.40. The molecule has 1 fully saturated rings. The lowest BCUT2D eigenvalue weighted by molar-refractivity contribution is 0.270. The summed E-state index contributed by atoms with van der Waals surface area (Å²) >= 11 is 0. The molecule has 1 saturated heterocycles. The zero-order valence-electron chi connectivity index (χ0n) is 12.3. The van der Waals surface area contributed by atoms with Crippen LogP contribution in [0.5, 0.6) is 0 Å². The van der Waals surface area contributed by atoms with Crippen molar-refractivity contribution in [3.63, 3.8) is 0 Å². The van der Waals surface area contributed by atoms with Crippen LogP contribution in [0, 0.1) is 18.7 Å². The van der Waals surface area contributed by atoms with Gasteiger partial charge in [-0.15, -0.1) is 12.4 Å². The van der Waals surface area contributed by atoms with Crippen molar-refractivity contribution in [2.75, 3.05) is 26.7 Å². The van der Waals surface area contributed by atoms with Gasteiger partial charge in [-0.1, -0.05) is 12.1 Å². The highest BCUT2D eigenvalue weighted by Crippen LogP contribution is 2.26. The Hall–Kier alpha value is -0.690. The van der Waals surface area contributed by atoms with Gasteiger partial charge >= 0.3 is 0 Å². The van der Waals surface area contributed by atoms with Crippen molar-refractivity contribution in [2.45, 2.75) is 24.7 Å². The topological polar surface area (TPSA) is 49.4 Å². The Morgan fingerprint density at radius 2 is 1.95 bits per heavy atom. The molecular formula is C14H22ClFN2O2S. The maximum Gasteiger partial charge on any atom is 0.245 e. The summed E-state index contributed by atoms with van der Waals surface area (Å²) < 4.78 is 40.4. The van der Waals surface area contributed by atoms with Crippen LogP contribution in [0.15, 0.2) is 23.1 Å². The van der Waals surface area contributed by atoms with E-state index in [1.54, 1.807) is 19.1 Å². The first-order valence-corrected chi connectivity index (χ1v) is 8.30. The van der Waals surface area contributed by atoms with Crippen molar-refractivity contribution in [2.24, 2.45) is 5.92 Å². The fourth-order valence-electron chi connectivity index (χ4n) is 2.60. The molecule has 4 nitrogen and oxygen atoms in total. The Balaban J connectivity index is 0.00000220. The lowest BCUT2D eigenvalue weighted by Gasteiger charge is -2.31. The van der Waals surface area contributed by atoms with Gasteiger partial charge in [0.1, 0.15) is 10.7 Å². The van der Waals surface area contributed by atoms with Crippen molar-refractivity contribution in [3.8, 4) is 0 Å². The molecule has 21 heavy (non-hydrogen) atoms. The number of nitrogens with one attached hydrogen (secondary N) is 1. The van der Waals surface area contributed by atoms with Crippen LogP contribution >= 0.6 is 12.4 Å². The summed E-state index contributed by atoms with van der Waals surface area (Å²) in [4.78, 5) is -0.204. The average molecular weight is 337 g/mol. The molecule has 1 aliphatic rings. The molecule has 7 heteroatoms. The Morgan fingerprint density at radius 3 is 2.52 bits per heavy atom. The highest BCUT2D eigenvalue weighted by Gasteiger charge is 2.31. The van der Waals surface area contributed by atoms with Gasteiger partial charge < -0.3 is 5.32 Å². The summed E-state index contributed by atoms with van der Waals surface area (Å²) in [6.45, 7) is 3.39. The monoisotopic (exact) mass is 336 g/mol. The van der Waals surface area contributed by atoms with Gasteiger partial charge in [0.25, 0.3) is 0 Å². The average Bonchev–Trinajstić information content (AvgIpc) is 2.42. The van der Waals surface area contributed by atoms with E-state index in [1.165, 1.54) is 10.4 Å². The molecule has 0 spiro atoms. The molecule has 1 aromatic rings. The van der Waals surface area contributed by atoms with Gasteiger partial charge in [-0.25, -0.2) is 12.8 Å². The number of sulfonamides is 1. The summed E-state index contributed by atoms with van der Waals surface area (Å²) in [7, 11) is -1.82. The third-order valence-corrected chi connectivity index (χ3v) is 5.76. The van der Waals surface area contributed by atoms with E-state index in [4.69, 9.17) is 0 Å². The first-order valence-electron chi connectivity index (χ1n) is 6.86. The quantitative estimate of drug-likeness (QED) is 0.916. The fourth-order valence-corrected chi connectivity index (χ4v) is 4.21. The van der Waals surface area contributed by atoms with Crippen LogP contribution in [0.4, 0.5) is 4.39 Å². The van der Waals surface area contributed by atoms with E-state index in [2.05, 4.69) is 5.32 Å². The molecule has 1 N–H and O–H groups in total. The molecular weight excluding hydrogens is 315 g/mol. The fraction of sp³-hybridized carbons (Fsp3) is 0.571. The van der Waals surface area contributed by atoms with Crippen molar-refractivity contribution >= 4 is 22.4 Å². The number of rotatable bonds is 4. The minimum Gasteiger partial charge on any atom is -0.319 e. The number of aryl methyl sites for hydroxylation is 1. The van der Waals surface area contributed by atoms with Crippen LogP contribution in [0.1, 0.15) is 18.4 Å². The molecule has 0 atom stereocenters. The van der Waals surface area contributed by atoms with E-state index >= 15 is 0 Å². The van der Waals surface area contributed by atoms with Gasteiger partial charge in [-0.2, -0.15) is 4.31 Å². The normalized spacial score (nSPS) is 17.5. The Morgan fingerprint density at radius 1 is 1.33 bits per heavy atom. The van der Waals surface area contributed by atoms with Crippen LogP contribution in [0.3, 0.4) is 0 Å². The molecule has 120 valence electrons. The van der Waals surface area contributed by atoms with Crippen molar-refractivity contribution < 1.29 is 12.8 Å². The maximum atomic E-state index is 14.0. The Kier molecular flexibility index (Phi) is 6.59. The van der Waals surface area contributed by atoms with Crippen LogP contribution in [-0.4, -0.2) is 39.4 Å². The molecule has 1 aromatic carbocycles. The van der Waals surface area contributed by atoms with Gasteiger partial charge in [0.15, 0.2) is 0 Å². The summed E-state index contributed by atoms with van der Waals surface area (Å²) in [6, 6.07) is 4.50. The number of halogens is 2. The number of hydrogen-bond acceptors (Lipinski definition) is 3. The van der Waals surface area contributed by atoms with Crippen molar-refractivity contribution in [1.29, 1.82) is 0 Å². The molecule has 0 saturated carbocycles. The smallest absolute Gasteiger partial charge is 0.245 e. The van der Waals surface area contributed by atoms with E-state index in [0.29, 0.717) is 24.6 Å². The van der Waals surface area contributed by atoms with Crippen LogP contribution in [-0.2, 0) is 10.0 Å². The number of piperidine rings is 1. The van der Waals surface area contributed by atoms with Crippen LogP contribution < -0.4 is 5.32 Å². The molecule has 2 rings (SSSR count). The van der Waals surface area contributed by atoms with E-state index in [1.807, 2.05) is 7.05 Å². The maximum absolute atomic E-state index is 14.0. The highest BCUT2D eigenvalue weighted by molar-refractivity contribution is 7.89. The summed E-state index contributed by atoms with van der Waals surface area (Å²) in [5.41, 5.74) is 0.358. The van der Waals surface area contributed by atoms with Gasteiger partial charge in [0, 0.05) is 13.1 Å². The van der Waals surface area contributed by atoms with Gasteiger partial charge in [0.2, 0.25) is 10.0 Å². The predicted octanol–water partition coefficient (Wildman–Crippen LogP) is 2.18. The molecule has 0 aliphatic carbocycles. The van der Waals surface area contributed by atoms with Crippen molar-refractivity contribution in [1.82, 2.24) is 9.62 Å².